The molecule has 0 fully saturated rings. The summed E-state index contributed by atoms with van der Waals surface area (Å²) in [7, 11) is 1.78. The van der Waals surface area contributed by atoms with Crippen LogP contribution in [0.2, 0.25) is 0 Å². The molecular weight excluding hydrogens is 358 g/mol. The Morgan fingerprint density at radius 2 is 1.89 bits per heavy atom. The van der Waals surface area contributed by atoms with Crippen molar-refractivity contribution in [3.63, 3.8) is 0 Å². The van der Waals surface area contributed by atoms with E-state index in [9.17, 15) is 0 Å². The highest BCUT2D eigenvalue weighted by molar-refractivity contribution is 5.60. The second-order valence-electron chi connectivity index (χ2n) is 6.35. The Morgan fingerprint density at radius 1 is 1.07 bits per heavy atom. The van der Waals surface area contributed by atoms with Gasteiger partial charge in [0, 0.05) is 55.3 Å². The maximum absolute atomic E-state index is 5.76. The van der Waals surface area contributed by atoms with Crippen molar-refractivity contribution in [2.24, 2.45) is 0 Å². The molecule has 0 saturated carbocycles. The third-order valence-electron chi connectivity index (χ3n) is 4.43. The molecule has 0 bridgehead atoms. The first-order chi connectivity index (χ1) is 13.7. The summed E-state index contributed by atoms with van der Waals surface area (Å²) in [6.07, 6.45) is 6.73. The minimum absolute atomic E-state index is 0.176. The van der Waals surface area contributed by atoms with Crippen LogP contribution in [0.15, 0.2) is 37.1 Å². The standard InChI is InChI=1S/C19H21N7O2/c1-12(14-3-4-21-18-17(14)27-5-6-28-18)8-22-16-7-15(25-11-26-16)13-9-23-19(20-2)24-10-13/h3-4,7,9-12H,5-6,8H2,1-2H3,(H,20,23,24)(H,22,25,26)/t12-/m1/s1. The summed E-state index contributed by atoms with van der Waals surface area (Å²) in [6, 6.07) is 3.85. The van der Waals surface area contributed by atoms with Crippen molar-refractivity contribution in [1.29, 1.82) is 0 Å². The number of nitrogens with one attached hydrogen (secondary N) is 2. The van der Waals surface area contributed by atoms with Gasteiger partial charge >= 0.3 is 0 Å². The minimum atomic E-state index is 0.176. The third-order valence-corrected chi connectivity index (χ3v) is 4.43. The zero-order valence-electron chi connectivity index (χ0n) is 15.7. The Bertz CT molecular complexity index is 949. The molecule has 1 aliphatic rings. The molecule has 1 atom stereocenters. The maximum Gasteiger partial charge on any atom is 0.257 e. The van der Waals surface area contributed by atoms with E-state index in [2.05, 4.69) is 42.5 Å². The molecular formula is C19H21N7O2. The summed E-state index contributed by atoms with van der Waals surface area (Å²) in [5.74, 6) is 2.76. The molecule has 3 aromatic heterocycles. The SMILES string of the molecule is CNc1ncc(-c2cc(NC[C@@H](C)c3ccnc4c3OCCO4)ncn2)cn1. The number of hydrogen-bond donors (Lipinski definition) is 2. The molecule has 0 amide bonds. The van der Waals surface area contributed by atoms with Gasteiger partial charge in [-0.2, -0.15) is 0 Å². The number of aromatic nitrogens is 5. The van der Waals surface area contributed by atoms with Crippen molar-refractivity contribution in [2.45, 2.75) is 12.8 Å². The van der Waals surface area contributed by atoms with Crippen LogP contribution < -0.4 is 20.1 Å². The van der Waals surface area contributed by atoms with Crippen LogP contribution >= 0.6 is 0 Å². The van der Waals surface area contributed by atoms with Gasteiger partial charge in [-0.3, -0.25) is 0 Å². The van der Waals surface area contributed by atoms with Crippen LogP contribution in [0.1, 0.15) is 18.4 Å². The highest BCUT2D eigenvalue weighted by Gasteiger charge is 2.20. The summed E-state index contributed by atoms with van der Waals surface area (Å²) in [6.45, 7) is 3.85. The van der Waals surface area contributed by atoms with Crippen LogP contribution in [-0.4, -0.2) is 51.7 Å². The molecule has 9 nitrogen and oxygen atoms in total. The van der Waals surface area contributed by atoms with Gasteiger partial charge in [-0.1, -0.05) is 6.92 Å². The highest BCUT2D eigenvalue weighted by Crippen LogP contribution is 2.35. The first-order valence-electron chi connectivity index (χ1n) is 9.05. The lowest BCUT2D eigenvalue weighted by atomic mass is 10.0. The van der Waals surface area contributed by atoms with Crippen LogP contribution in [0.25, 0.3) is 11.3 Å². The first kappa shape index (κ1) is 17.9. The topological polar surface area (TPSA) is 107 Å². The number of ether oxygens (including phenoxy) is 2. The van der Waals surface area contributed by atoms with Crippen molar-refractivity contribution < 1.29 is 9.47 Å². The zero-order chi connectivity index (χ0) is 19.3. The Balaban J connectivity index is 1.46. The fraction of sp³-hybridized carbons (Fsp3) is 0.316. The van der Waals surface area contributed by atoms with E-state index in [0.29, 0.717) is 31.6 Å². The normalized spacial score (nSPS) is 13.6. The van der Waals surface area contributed by atoms with Gasteiger partial charge in [0.2, 0.25) is 5.95 Å². The van der Waals surface area contributed by atoms with Gasteiger partial charge in [0.25, 0.3) is 5.88 Å². The van der Waals surface area contributed by atoms with Crippen molar-refractivity contribution >= 4 is 11.8 Å². The molecule has 3 aromatic rings. The predicted molar refractivity (Wildman–Crippen MR) is 105 cm³/mol. The van der Waals surface area contributed by atoms with Crippen LogP contribution in [0.4, 0.5) is 11.8 Å². The van der Waals surface area contributed by atoms with E-state index in [4.69, 9.17) is 9.47 Å². The van der Waals surface area contributed by atoms with Crippen molar-refractivity contribution in [3.8, 4) is 22.9 Å². The highest BCUT2D eigenvalue weighted by atomic mass is 16.6. The summed E-state index contributed by atoms with van der Waals surface area (Å²) in [5, 5.41) is 6.26. The Labute approximate surface area is 162 Å². The number of pyridine rings is 1. The fourth-order valence-corrected chi connectivity index (χ4v) is 2.93. The molecule has 144 valence electrons. The van der Waals surface area contributed by atoms with Crippen LogP contribution in [-0.2, 0) is 0 Å². The maximum atomic E-state index is 5.76. The Kier molecular flexibility index (Phi) is 5.14. The third kappa shape index (κ3) is 3.78. The molecule has 0 spiro atoms. The van der Waals surface area contributed by atoms with Gasteiger partial charge in [0.1, 0.15) is 25.4 Å². The molecule has 0 saturated heterocycles. The number of nitrogens with zero attached hydrogens (tertiary/aromatic N) is 5. The minimum Gasteiger partial charge on any atom is -0.484 e. The van der Waals surface area contributed by atoms with E-state index in [-0.39, 0.29) is 5.92 Å². The number of anilines is 2. The summed E-state index contributed by atoms with van der Waals surface area (Å²) in [4.78, 5) is 21.3. The van der Waals surface area contributed by atoms with E-state index in [0.717, 1.165) is 28.4 Å². The fourth-order valence-electron chi connectivity index (χ4n) is 2.93. The molecule has 9 heteroatoms. The summed E-state index contributed by atoms with van der Waals surface area (Å²) >= 11 is 0. The molecule has 0 aliphatic carbocycles. The largest absolute Gasteiger partial charge is 0.484 e. The lowest BCUT2D eigenvalue weighted by Crippen LogP contribution is -2.19. The number of hydrogen-bond acceptors (Lipinski definition) is 9. The molecule has 4 heterocycles. The average molecular weight is 379 g/mol. The lowest BCUT2D eigenvalue weighted by molar-refractivity contribution is 0.162. The second kappa shape index (κ2) is 8.03. The van der Waals surface area contributed by atoms with Crippen molar-refractivity contribution in [3.05, 3.63) is 42.6 Å². The molecule has 28 heavy (non-hydrogen) atoms. The van der Waals surface area contributed by atoms with Gasteiger partial charge in [0.15, 0.2) is 5.75 Å². The molecule has 4 rings (SSSR count). The molecule has 1 aliphatic heterocycles. The number of fused-ring (bicyclic) bond motifs is 1. The summed E-state index contributed by atoms with van der Waals surface area (Å²) in [5.41, 5.74) is 2.64. The van der Waals surface area contributed by atoms with Gasteiger partial charge < -0.3 is 20.1 Å². The molecule has 2 N–H and O–H groups in total. The zero-order valence-corrected chi connectivity index (χ0v) is 15.7. The van der Waals surface area contributed by atoms with E-state index >= 15 is 0 Å². The van der Waals surface area contributed by atoms with Crippen LogP contribution in [0.3, 0.4) is 0 Å². The number of rotatable bonds is 6. The summed E-state index contributed by atoms with van der Waals surface area (Å²) < 4.78 is 11.3. The van der Waals surface area contributed by atoms with E-state index < -0.39 is 0 Å². The first-order valence-corrected chi connectivity index (χ1v) is 9.05. The smallest absolute Gasteiger partial charge is 0.257 e. The predicted octanol–water partition coefficient (Wildman–Crippen LogP) is 2.36. The van der Waals surface area contributed by atoms with Crippen LogP contribution in [0, 0.1) is 0 Å². The molecule has 0 unspecified atom stereocenters. The second-order valence-corrected chi connectivity index (χ2v) is 6.35. The van der Waals surface area contributed by atoms with Gasteiger partial charge in [-0.25, -0.2) is 24.9 Å². The van der Waals surface area contributed by atoms with Gasteiger partial charge in [-0.05, 0) is 6.07 Å². The van der Waals surface area contributed by atoms with Crippen molar-refractivity contribution in [1.82, 2.24) is 24.9 Å². The average Bonchev–Trinajstić information content (AvgIpc) is 2.77. The van der Waals surface area contributed by atoms with Crippen LogP contribution in [0.5, 0.6) is 11.6 Å². The monoisotopic (exact) mass is 379 g/mol. The Morgan fingerprint density at radius 3 is 2.71 bits per heavy atom. The Hall–Kier alpha value is -3.49. The van der Waals surface area contributed by atoms with Gasteiger partial charge in [-0.15, -0.1) is 0 Å². The lowest BCUT2D eigenvalue weighted by Gasteiger charge is -2.22. The molecule has 0 radical (unpaired) electrons. The quantitative estimate of drug-likeness (QED) is 0.667. The van der Waals surface area contributed by atoms with Crippen molar-refractivity contribution in [2.75, 3.05) is 37.4 Å². The molecule has 0 aromatic carbocycles. The van der Waals surface area contributed by atoms with E-state index in [1.165, 1.54) is 6.33 Å². The van der Waals surface area contributed by atoms with E-state index in [1.54, 1.807) is 25.6 Å². The van der Waals surface area contributed by atoms with Gasteiger partial charge in [0.05, 0.1) is 5.69 Å². The van der Waals surface area contributed by atoms with E-state index in [1.807, 2.05) is 12.1 Å².